The molecule has 1 saturated carbocycles. The van der Waals surface area contributed by atoms with E-state index in [1.54, 1.807) is 21.0 Å². The number of aliphatic imine (C=N–C) groups is 2. The van der Waals surface area contributed by atoms with E-state index in [-0.39, 0.29) is 5.82 Å². The van der Waals surface area contributed by atoms with E-state index < -0.39 is 0 Å². The minimum Gasteiger partial charge on any atom is -0.383 e. The van der Waals surface area contributed by atoms with Crippen LogP contribution in [-0.2, 0) is 0 Å². The van der Waals surface area contributed by atoms with E-state index in [0.717, 1.165) is 22.1 Å². The highest BCUT2D eigenvalue weighted by atomic mass is 32.2. The lowest BCUT2D eigenvalue weighted by molar-refractivity contribution is 0.346. The van der Waals surface area contributed by atoms with Crippen LogP contribution in [0.15, 0.2) is 27.1 Å². The summed E-state index contributed by atoms with van der Waals surface area (Å²) in [4.78, 5) is 10.9. The van der Waals surface area contributed by atoms with E-state index in [9.17, 15) is 4.39 Å². The highest BCUT2D eigenvalue weighted by molar-refractivity contribution is 7.97. The number of hydrogen-bond acceptors (Lipinski definition) is 3. The van der Waals surface area contributed by atoms with E-state index >= 15 is 0 Å². The molecule has 2 aromatic rings. The van der Waals surface area contributed by atoms with Crippen molar-refractivity contribution in [1.29, 1.82) is 0 Å². The van der Waals surface area contributed by atoms with Crippen molar-refractivity contribution in [3.63, 3.8) is 0 Å². The number of aromatic nitrogens is 1. The van der Waals surface area contributed by atoms with E-state index in [2.05, 4.69) is 26.6 Å². The van der Waals surface area contributed by atoms with Crippen molar-refractivity contribution in [1.82, 2.24) is 9.71 Å². The Balaban J connectivity index is 0.000000386. The summed E-state index contributed by atoms with van der Waals surface area (Å²) in [6, 6.07) is 3.31. The Bertz CT molecular complexity index is 777. The number of hydrogen-bond donors (Lipinski definition) is 3. The third-order valence-corrected chi connectivity index (χ3v) is 4.86. The average molecular weight is 364 g/mol. The first-order valence-electron chi connectivity index (χ1n) is 8.37. The molecule has 25 heavy (non-hydrogen) atoms. The number of nitrogens with two attached hydrogens (primary N) is 1. The van der Waals surface area contributed by atoms with Gasteiger partial charge in [-0.2, -0.15) is 0 Å². The average Bonchev–Trinajstić information content (AvgIpc) is 2.96. The van der Waals surface area contributed by atoms with Crippen LogP contribution in [0, 0.1) is 18.7 Å². The molecule has 0 aliphatic heterocycles. The summed E-state index contributed by atoms with van der Waals surface area (Å²) in [6.45, 7) is 4.12. The molecule has 136 valence electrons. The fraction of sp³-hybridized carbons (Fsp3) is 0.444. The number of H-pyrrole nitrogens is 1. The van der Waals surface area contributed by atoms with E-state index in [4.69, 9.17) is 5.73 Å². The maximum absolute atomic E-state index is 14.0. The summed E-state index contributed by atoms with van der Waals surface area (Å²) in [6.07, 6.45) is 5.83. The van der Waals surface area contributed by atoms with Gasteiger partial charge in [-0.05, 0) is 49.5 Å². The maximum atomic E-state index is 14.0. The van der Waals surface area contributed by atoms with Crippen LogP contribution in [0.3, 0.4) is 0 Å². The Morgan fingerprint density at radius 2 is 2.12 bits per heavy atom. The van der Waals surface area contributed by atoms with Crippen LogP contribution in [-0.4, -0.2) is 31.3 Å². The molecule has 1 aromatic carbocycles. The van der Waals surface area contributed by atoms with Gasteiger partial charge >= 0.3 is 0 Å². The van der Waals surface area contributed by atoms with Crippen LogP contribution in [0.25, 0.3) is 10.9 Å². The molecule has 1 heterocycles. The van der Waals surface area contributed by atoms with Crippen molar-refractivity contribution < 1.29 is 4.39 Å². The zero-order valence-corrected chi connectivity index (χ0v) is 16.0. The summed E-state index contributed by atoms with van der Waals surface area (Å²) < 4.78 is 17.0. The molecule has 1 fully saturated rings. The number of fused-ring (bicyclic) bond motifs is 1. The Morgan fingerprint density at radius 1 is 1.44 bits per heavy atom. The lowest BCUT2D eigenvalue weighted by atomic mass is 9.88. The lowest BCUT2D eigenvalue weighted by Crippen LogP contribution is -2.15. The zero-order valence-electron chi connectivity index (χ0n) is 15.2. The summed E-state index contributed by atoms with van der Waals surface area (Å²) >= 11 is 1.37. The molecule has 0 radical (unpaired) electrons. The summed E-state index contributed by atoms with van der Waals surface area (Å²) in [7, 11) is 3.41. The summed E-state index contributed by atoms with van der Waals surface area (Å²) in [5, 5.41) is 1.52. The van der Waals surface area contributed by atoms with Crippen molar-refractivity contribution in [3.8, 4) is 0 Å². The minimum atomic E-state index is -0.304. The van der Waals surface area contributed by atoms with Crippen molar-refractivity contribution in [2.45, 2.75) is 38.1 Å². The van der Waals surface area contributed by atoms with Gasteiger partial charge in [-0.1, -0.05) is 26.2 Å². The summed E-state index contributed by atoms with van der Waals surface area (Å²) in [5.41, 5.74) is 7.87. The number of aryl methyl sites for hydroxylation is 1. The molecule has 0 bridgehead atoms. The van der Waals surface area contributed by atoms with Gasteiger partial charge in [0.1, 0.15) is 18.0 Å². The molecular formula is C18H26FN5S. The van der Waals surface area contributed by atoms with E-state index in [1.807, 2.05) is 6.07 Å². The van der Waals surface area contributed by atoms with Crippen LogP contribution < -0.4 is 10.5 Å². The van der Waals surface area contributed by atoms with Crippen molar-refractivity contribution >= 4 is 35.0 Å². The number of aromatic amines is 1. The zero-order chi connectivity index (χ0) is 18.4. The smallest absolute Gasteiger partial charge is 0.147 e. The Labute approximate surface area is 152 Å². The number of amidine groups is 1. The highest BCUT2D eigenvalue weighted by Crippen LogP contribution is 2.29. The number of halogens is 1. The third kappa shape index (κ3) is 4.83. The molecule has 4 N–H and O–H groups in total. The van der Waals surface area contributed by atoms with Crippen molar-refractivity contribution in [2.24, 2.45) is 21.6 Å². The fourth-order valence-corrected chi connectivity index (χ4v) is 3.21. The van der Waals surface area contributed by atoms with E-state index in [1.165, 1.54) is 43.6 Å². The van der Waals surface area contributed by atoms with Crippen LogP contribution in [0.2, 0.25) is 0 Å². The van der Waals surface area contributed by atoms with Crippen LogP contribution in [0.1, 0.15) is 37.3 Å². The first kappa shape index (κ1) is 19.5. The van der Waals surface area contributed by atoms with Crippen molar-refractivity contribution in [2.75, 3.05) is 14.1 Å². The Morgan fingerprint density at radius 3 is 2.64 bits per heavy atom. The lowest BCUT2D eigenvalue weighted by Gasteiger charge is -2.18. The normalized spacial score (nSPS) is 15.3. The first-order chi connectivity index (χ1) is 12.0. The van der Waals surface area contributed by atoms with Gasteiger partial charge in [-0.3, -0.25) is 9.71 Å². The number of rotatable bonds is 4. The third-order valence-electron chi connectivity index (χ3n) is 4.21. The van der Waals surface area contributed by atoms with Gasteiger partial charge in [-0.15, -0.1) is 0 Å². The SMILES string of the molecule is CC1CCC1.CN=CN=C(N)c1c(C)cc(F)c2[nH]c(SNC)cc12. The number of nitrogens with one attached hydrogen (secondary N) is 2. The van der Waals surface area contributed by atoms with Gasteiger partial charge in [-0.25, -0.2) is 9.38 Å². The van der Waals surface area contributed by atoms with Gasteiger partial charge in [0, 0.05) is 18.0 Å². The molecule has 0 saturated heterocycles. The predicted octanol–water partition coefficient (Wildman–Crippen LogP) is 4.01. The fourth-order valence-electron chi connectivity index (χ4n) is 2.66. The molecular weight excluding hydrogens is 337 g/mol. The topological polar surface area (TPSA) is 78.6 Å². The van der Waals surface area contributed by atoms with Crippen LogP contribution >= 0.6 is 11.9 Å². The monoisotopic (exact) mass is 363 g/mol. The molecule has 1 aromatic heterocycles. The van der Waals surface area contributed by atoms with Gasteiger partial charge in [0.05, 0.1) is 10.5 Å². The number of nitrogens with zero attached hydrogens (tertiary/aromatic N) is 2. The summed E-state index contributed by atoms with van der Waals surface area (Å²) in [5.74, 6) is 1.08. The molecule has 0 atom stereocenters. The predicted molar refractivity (Wildman–Crippen MR) is 106 cm³/mol. The molecule has 5 nitrogen and oxygen atoms in total. The second kappa shape index (κ2) is 9.01. The Hall–Kier alpha value is -1.86. The molecule has 3 rings (SSSR count). The van der Waals surface area contributed by atoms with Crippen LogP contribution in [0.4, 0.5) is 4.39 Å². The molecule has 0 spiro atoms. The minimum absolute atomic E-state index is 0.304. The number of benzene rings is 1. The van der Waals surface area contributed by atoms with Gasteiger partial charge < -0.3 is 10.7 Å². The Kier molecular flexibility index (Phi) is 7.01. The standard InChI is InChI=1S/C13H16FN5S.C5H10/c1-7-4-9(14)12-8(5-10(19-12)20-17-3)11(7)13(15)18-6-16-2;1-5-3-2-4-5/h4-6,17,19H,1-3H3,(H2,15,16,18);5H,2-4H2,1H3. The van der Waals surface area contributed by atoms with Gasteiger partial charge in [0.2, 0.25) is 0 Å². The molecule has 0 amide bonds. The van der Waals surface area contributed by atoms with Crippen LogP contribution in [0.5, 0.6) is 0 Å². The highest BCUT2D eigenvalue weighted by Gasteiger charge is 2.15. The molecule has 7 heteroatoms. The second-order valence-corrected chi connectivity index (χ2v) is 7.26. The first-order valence-corrected chi connectivity index (χ1v) is 9.19. The molecule has 1 aliphatic rings. The maximum Gasteiger partial charge on any atom is 0.147 e. The second-order valence-electron chi connectivity index (χ2n) is 6.20. The van der Waals surface area contributed by atoms with Crippen molar-refractivity contribution in [3.05, 3.63) is 29.1 Å². The van der Waals surface area contributed by atoms with E-state index in [0.29, 0.717) is 16.7 Å². The molecule has 0 unspecified atom stereocenters. The van der Waals surface area contributed by atoms with Gasteiger partial charge in [0.25, 0.3) is 0 Å². The quantitative estimate of drug-likeness (QED) is 0.436. The largest absolute Gasteiger partial charge is 0.383 e. The molecule has 1 aliphatic carbocycles. The van der Waals surface area contributed by atoms with Gasteiger partial charge in [0.15, 0.2) is 0 Å².